The largest absolute Gasteiger partial charge is 0.364 e. The first-order valence-corrected chi connectivity index (χ1v) is 5.78. The van der Waals surface area contributed by atoms with E-state index in [0.717, 1.165) is 28.1 Å². The maximum absolute atomic E-state index is 4.36. The molecule has 90 valence electrons. The first kappa shape index (κ1) is 10.7. The lowest BCUT2D eigenvalue weighted by atomic mass is 10.2. The topological polar surface area (TPSA) is 66.5 Å². The normalized spacial score (nSPS) is 10.7. The first-order valence-electron chi connectivity index (χ1n) is 5.78. The van der Waals surface area contributed by atoms with Gasteiger partial charge in [0, 0.05) is 12.4 Å². The van der Waals surface area contributed by atoms with Gasteiger partial charge < -0.3 is 5.32 Å². The van der Waals surface area contributed by atoms with E-state index in [1.807, 2.05) is 31.2 Å². The molecule has 0 bridgehead atoms. The van der Waals surface area contributed by atoms with E-state index in [9.17, 15) is 0 Å². The molecule has 5 heteroatoms. The fourth-order valence-electron chi connectivity index (χ4n) is 1.93. The first-order chi connectivity index (χ1) is 8.84. The zero-order chi connectivity index (χ0) is 12.4. The van der Waals surface area contributed by atoms with Crippen molar-refractivity contribution in [2.45, 2.75) is 13.5 Å². The van der Waals surface area contributed by atoms with Gasteiger partial charge in [-0.1, -0.05) is 6.07 Å². The molecule has 3 aromatic rings. The molecule has 0 aromatic carbocycles. The monoisotopic (exact) mass is 239 g/mol. The molecule has 0 spiro atoms. The molecule has 0 aliphatic rings. The Bertz CT molecular complexity index is 659. The smallest absolute Gasteiger partial charge is 0.137 e. The molecule has 3 rings (SSSR count). The number of anilines is 1. The predicted molar refractivity (Wildman–Crippen MR) is 70.2 cm³/mol. The molecule has 3 heterocycles. The second kappa shape index (κ2) is 4.44. The van der Waals surface area contributed by atoms with Crippen LogP contribution in [0.5, 0.6) is 0 Å². The summed E-state index contributed by atoms with van der Waals surface area (Å²) in [6, 6.07) is 7.78. The number of aromatic amines is 1. The average molecular weight is 239 g/mol. The lowest BCUT2D eigenvalue weighted by Crippen LogP contribution is -2.03. The highest BCUT2D eigenvalue weighted by Gasteiger charge is 2.07. The van der Waals surface area contributed by atoms with E-state index in [0.29, 0.717) is 6.54 Å². The van der Waals surface area contributed by atoms with E-state index < -0.39 is 0 Å². The standard InChI is InChI=1S/C13H13N5/c1-9-12-11(18-17-9)5-7-15-13(12)16-8-10-4-2-3-6-14-10/h2-7H,8H2,1H3,(H,15,16)(H,17,18). The molecule has 0 amide bonds. The summed E-state index contributed by atoms with van der Waals surface area (Å²) in [6.07, 6.45) is 3.55. The molecular weight excluding hydrogens is 226 g/mol. The van der Waals surface area contributed by atoms with E-state index in [-0.39, 0.29) is 0 Å². The quantitative estimate of drug-likeness (QED) is 0.735. The van der Waals surface area contributed by atoms with Crippen LogP contribution in [0.3, 0.4) is 0 Å². The Hall–Kier alpha value is -2.43. The third kappa shape index (κ3) is 1.90. The summed E-state index contributed by atoms with van der Waals surface area (Å²) in [6.45, 7) is 2.62. The molecule has 0 aliphatic heterocycles. The Morgan fingerprint density at radius 3 is 2.94 bits per heavy atom. The summed E-state index contributed by atoms with van der Waals surface area (Å²) in [5.41, 5.74) is 2.92. The predicted octanol–water partition coefficient (Wildman–Crippen LogP) is 2.27. The van der Waals surface area contributed by atoms with E-state index in [2.05, 4.69) is 25.5 Å². The van der Waals surface area contributed by atoms with Gasteiger partial charge in [0.1, 0.15) is 5.82 Å². The van der Waals surface area contributed by atoms with Crippen molar-refractivity contribution < 1.29 is 0 Å². The molecule has 0 fully saturated rings. The number of aromatic nitrogens is 4. The minimum absolute atomic E-state index is 0.650. The minimum atomic E-state index is 0.650. The Labute approximate surface area is 104 Å². The fourth-order valence-corrected chi connectivity index (χ4v) is 1.93. The van der Waals surface area contributed by atoms with Crippen LogP contribution in [0.25, 0.3) is 10.9 Å². The van der Waals surface area contributed by atoms with Gasteiger partial charge in [0.25, 0.3) is 0 Å². The highest BCUT2D eigenvalue weighted by Crippen LogP contribution is 2.22. The Morgan fingerprint density at radius 2 is 2.11 bits per heavy atom. The zero-order valence-corrected chi connectivity index (χ0v) is 10.0. The van der Waals surface area contributed by atoms with Crippen molar-refractivity contribution in [1.82, 2.24) is 20.2 Å². The average Bonchev–Trinajstić information content (AvgIpc) is 2.80. The molecule has 0 unspecified atom stereocenters. The van der Waals surface area contributed by atoms with Crippen molar-refractivity contribution in [2.24, 2.45) is 0 Å². The van der Waals surface area contributed by atoms with Crippen molar-refractivity contribution in [2.75, 3.05) is 5.32 Å². The van der Waals surface area contributed by atoms with Crippen molar-refractivity contribution in [1.29, 1.82) is 0 Å². The fraction of sp³-hybridized carbons (Fsp3) is 0.154. The van der Waals surface area contributed by atoms with Crippen molar-refractivity contribution in [3.05, 3.63) is 48.0 Å². The maximum atomic E-state index is 4.36. The third-order valence-corrected chi connectivity index (χ3v) is 2.82. The third-order valence-electron chi connectivity index (χ3n) is 2.82. The van der Waals surface area contributed by atoms with E-state index in [4.69, 9.17) is 0 Å². The number of pyridine rings is 2. The molecule has 0 saturated heterocycles. The van der Waals surface area contributed by atoms with Crippen LogP contribution in [0.1, 0.15) is 11.4 Å². The Morgan fingerprint density at radius 1 is 1.17 bits per heavy atom. The van der Waals surface area contributed by atoms with Gasteiger partial charge in [-0.25, -0.2) is 4.98 Å². The second-order valence-corrected chi connectivity index (χ2v) is 4.07. The van der Waals surface area contributed by atoms with Crippen LogP contribution >= 0.6 is 0 Å². The van der Waals surface area contributed by atoms with Crippen molar-refractivity contribution in [3.63, 3.8) is 0 Å². The van der Waals surface area contributed by atoms with Crippen LogP contribution in [-0.4, -0.2) is 20.2 Å². The van der Waals surface area contributed by atoms with E-state index in [1.54, 1.807) is 12.4 Å². The summed E-state index contributed by atoms with van der Waals surface area (Å²) in [7, 11) is 0. The summed E-state index contributed by atoms with van der Waals surface area (Å²) in [5, 5.41) is 11.5. The number of hydrogen-bond acceptors (Lipinski definition) is 4. The SMILES string of the molecule is Cc1n[nH]c2ccnc(NCc3ccccn3)c12. The molecule has 18 heavy (non-hydrogen) atoms. The summed E-state index contributed by atoms with van der Waals surface area (Å²) in [5.74, 6) is 0.837. The summed E-state index contributed by atoms with van der Waals surface area (Å²) < 4.78 is 0. The van der Waals surface area contributed by atoms with Crippen LogP contribution in [0.4, 0.5) is 5.82 Å². The molecule has 2 N–H and O–H groups in total. The maximum Gasteiger partial charge on any atom is 0.137 e. The number of aryl methyl sites for hydroxylation is 1. The number of hydrogen-bond donors (Lipinski definition) is 2. The number of H-pyrrole nitrogens is 1. The van der Waals surface area contributed by atoms with Gasteiger partial charge >= 0.3 is 0 Å². The molecule has 3 aromatic heterocycles. The molecular formula is C13H13N5. The minimum Gasteiger partial charge on any atom is -0.364 e. The van der Waals surface area contributed by atoms with Crippen LogP contribution in [0, 0.1) is 6.92 Å². The molecule has 0 saturated carbocycles. The number of rotatable bonds is 3. The van der Waals surface area contributed by atoms with Crippen LogP contribution in [0.2, 0.25) is 0 Å². The van der Waals surface area contributed by atoms with Crippen LogP contribution in [-0.2, 0) is 6.54 Å². The molecule has 0 radical (unpaired) electrons. The lowest BCUT2D eigenvalue weighted by Gasteiger charge is -2.06. The number of nitrogens with zero attached hydrogens (tertiary/aromatic N) is 3. The van der Waals surface area contributed by atoms with Gasteiger partial charge in [0.05, 0.1) is 28.8 Å². The number of nitrogens with one attached hydrogen (secondary N) is 2. The lowest BCUT2D eigenvalue weighted by molar-refractivity contribution is 1.03. The summed E-state index contributed by atoms with van der Waals surface area (Å²) >= 11 is 0. The number of fused-ring (bicyclic) bond motifs is 1. The van der Waals surface area contributed by atoms with Gasteiger partial charge in [0.15, 0.2) is 0 Å². The highest BCUT2D eigenvalue weighted by atomic mass is 15.1. The molecule has 5 nitrogen and oxygen atoms in total. The van der Waals surface area contributed by atoms with E-state index >= 15 is 0 Å². The van der Waals surface area contributed by atoms with Gasteiger partial charge in [-0.2, -0.15) is 5.10 Å². The Balaban J connectivity index is 1.89. The van der Waals surface area contributed by atoms with Gasteiger partial charge in [-0.05, 0) is 25.1 Å². The zero-order valence-electron chi connectivity index (χ0n) is 10.0. The van der Waals surface area contributed by atoms with Gasteiger partial charge in [-0.15, -0.1) is 0 Å². The van der Waals surface area contributed by atoms with Gasteiger partial charge in [-0.3, -0.25) is 10.1 Å². The second-order valence-electron chi connectivity index (χ2n) is 4.07. The molecule has 0 atom stereocenters. The van der Waals surface area contributed by atoms with Crippen molar-refractivity contribution in [3.8, 4) is 0 Å². The van der Waals surface area contributed by atoms with Crippen molar-refractivity contribution >= 4 is 16.7 Å². The molecule has 0 aliphatic carbocycles. The Kier molecular flexibility index (Phi) is 2.64. The summed E-state index contributed by atoms with van der Waals surface area (Å²) in [4.78, 5) is 8.63. The van der Waals surface area contributed by atoms with Crippen LogP contribution < -0.4 is 5.32 Å². The van der Waals surface area contributed by atoms with Crippen LogP contribution in [0.15, 0.2) is 36.7 Å². The highest BCUT2D eigenvalue weighted by molar-refractivity contribution is 5.91. The van der Waals surface area contributed by atoms with E-state index in [1.165, 1.54) is 0 Å². The van der Waals surface area contributed by atoms with Gasteiger partial charge in [0.2, 0.25) is 0 Å².